The molecular weight excluding hydrogens is 242 g/mol. The second-order valence-electron chi connectivity index (χ2n) is 4.95. The maximum absolute atomic E-state index is 11.1. The molecule has 19 heavy (non-hydrogen) atoms. The molecule has 0 aromatic heterocycles. The summed E-state index contributed by atoms with van der Waals surface area (Å²) in [7, 11) is 0. The van der Waals surface area contributed by atoms with Crippen LogP contribution in [0.2, 0.25) is 0 Å². The lowest BCUT2D eigenvalue weighted by atomic mass is 9.87. The van der Waals surface area contributed by atoms with E-state index < -0.39 is 5.91 Å². The maximum atomic E-state index is 11.1. The van der Waals surface area contributed by atoms with E-state index in [2.05, 4.69) is 11.1 Å². The first-order valence-electron chi connectivity index (χ1n) is 6.34. The van der Waals surface area contributed by atoms with Crippen LogP contribution in [0.5, 0.6) is 0 Å². The van der Waals surface area contributed by atoms with Gasteiger partial charge in [0.2, 0.25) is 5.91 Å². The minimum absolute atomic E-state index is 0.102. The van der Waals surface area contributed by atoms with Crippen molar-refractivity contribution in [1.29, 1.82) is 5.41 Å². The van der Waals surface area contributed by atoms with E-state index in [1.54, 1.807) is 6.20 Å². The summed E-state index contributed by atoms with van der Waals surface area (Å²) in [4.78, 5) is 17.3. The van der Waals surface area contributed by atoms with E-state index in [4.69, 9.17) is 16.9 Å². The van der Waals surface area contributed by atoms with Crippen LogP contribution in [0.1, 0.15) is 19.8 Å². The Kier molecular flexibility index (Phi) is 3.69. The summed E-state index contributed by atoms with van der Waals surface area (Å²) in [5.74, 6) is -0.0949. The molecule has 0 saturated carbocycles. The van der Waals surface area contributed by atoms with Crippen molar-refractivity contribution < 1.29 is 4.79 Å². The van der Waals surface area contributed by atoms with Crippen molar-refractivity contribution in [1.82, 2.24) is 4.90 Å². The van der Waals surface area contributed by atoms with Gasteiger partial charge >= 0.3 is 0 Å². The van der Waals surface area contributed by atoms with Gasteiger partial charge in [-0.25, -0.2) is 0 Å². The number of carbonyl (C=O) groups excluding carboxylic acids is 1. The van der Waals surface area contributed by atoms with E-state index in [9.17, 15) is 4.79 Å². The summed E-state index contributed by atoms with van der Waals surface area (Å²) < 4.78 is 0. The zero-order valence-electron chi connectivity index (χ0n) is 11.0. The zero-order valence-corrected chi connectivity index (χ0v) is 11.0. The smallest absolute Gasteiger partial charge is 0.246 e. The molecule has 1 atom stereocenters. The van der Waals surface area contributed by atoms with Crippen molar-refractivity contribution in [2.75, 3.05) is 13.1 Å². The van der Waals surface area contributed by atoms with Crippen LogP contribution in [0.3, 0.4) is 0 Å². The first kappa shape index (κ1) is 13.3. The average molecular weight is 261 g/mol. The molecule has 6 heteroatoms. The Hall–Kier alpha value is -2.11. The number of amides is 1. The Morgan fingerprint density at radius 1 is 1.53 bits per heavy atom. The number of nitrogens with zero attached hydrogens (tertiary/aromatic N) is 2. The fourth-order valence-electron chi connectivity index (χ4n) is 2.44. The summed E-state index contributed by atoms with van der Waals surface area (Å²) in [6.07, 6.45) is 5.10. The first-order valence-corrected chi connectivity index (χ1v) is 6.34. The van der Waals surface area contributed by atoms with E-state index in [0.717, 1.165) is 18.7 Å². The van der Waals surface area contributed by atoms with Crippen LogP contribution in [0.25, 0.3) is 0 Å². The number of aliphatic imine (C=N–C) groups is 1. The minimum Gasteiger partial charge on any atom is -0.370 e. The Morgan fingerprint density at radius 3 is 2.74 bits per heavy atom. The zero-order chi connectivity index (χ0) is 14.0. The number of guanidine groups is 1. The highest BCUT2D eigenvalue weighted by Gasteiger charge is 2.24. The molecule has 0 saturated heterocycles. The molecule has 1 amide bonds. The Bertz CT molecular complexity index is 503. The molecule has 2 heterocycles. The van der Waals surface area contributed by atoms with E-state index in [-0.39, 0.29) is 11.9 Å². The van der Waals surface area contributed by atoms with Crippen LogP contribution in [-0.2, 0) is 4.79 Å². The topological polar surface area (TPSA) is 109 Å². The fourth-order valence-corrected chi connectivity index (χ4v) is 2.44. The highest BCUT2D eigenvalue weighted by Crippen LogP contribution is 2.25. The standard InChI is InChI=1S/C13H19N5O/c1-8-6-10(12(14)19)7-17-11(8)9-2-4-18(5-3-9)13(15)16/h2,7-8H,3-6H2,1H3,(H2,14,19)(H3,15,16). The first-order chi connectivity index (χ1) is 8.99. The summed E-state index contributed by atoms with van der Waals surface area (Å²) in [6.45, 7) is 3.43. The third-order valence-electron chi connectivity index (χ3n) is 3.55. The van der Waals surface area contributed by atoms with E-state index in [1.807, 2.05) is 11.8 Å². The van der Waals surface area contributed by atoms with Gasteiger partial charge < -0.3 is 16.4 Å². The molecule has 0 radical (unpaired) electrons. The highest BCUT2D eigenvalue weighted by molar-refractivity contribution is 6.05. The molecule has 0 aliphatic carbocycles. The molecule has 5 N–H and O–H groups in total. The third kappa shape index (κ3) is 2.83. The molecule has 0 aromatic rings. The monoisotopic (exact) mass is 261 g/mol. The molecule has 2 aliphatic rings. The molecule has 0 aromatic carbocycles. The van der Waals surface area contributed by atoms with Gasteiger partial charge in [0.1, 0.15) is 0 Å². The lowest BCUT2D eigenvalue weighted by Gasteiger charge is -2.29. The third-order valence-corrected chi connectivity index (χ3v) is 3.55. The second kappa shape index (κ2) is 5.26. The van der Waals surface area contributed by atoms with Crippen molar-refractivity contribution >= 4 is 17.6 Å². The summed E-state index contributed by atoms with van der Waals surface area (Å²) >= 11 is 0. The number of hydrogen-bond donors (Lipinski definition) is 3. The van der Waals surface area contributed by atoms with Gasteiger partial charge in [0.25, 0.3) is 0 Å². The van der Waals surface area contributed by atoms with Crippen molar-refractivity contribution in [3.63, 3.8) is 0 Å². The molecule has 0 fully saturated rings. The van der Waals surface area contributed by atoms with Crippen molar-refractivity contribution in [2.45, 2.75) is 19.8 Å². The number of hydrogen-bond acceptors (Lipinski definition) is 3. The SMILES string of the molecule is CC1CC(C(N)=O)=CN=C1C1=CCN(C(=N)N)CC1. The van der Waals surface area contributed by atoms with Crippen LogP contribution < -0.4 is 11.5 Å². The minimum atomic E-state index is -0.393. The molecular formula is C13H19N5O. The average Bonchev–Trinajstić information content (AvgIpc) is 2.38. The second-order valence-corrected chi connectivity index (χ2v) is 4.95. The van der Waals surface area contributed by atoms with Gasteiger partial charge in [0.05, 0.1) is 0 Å². The van der Waals surface area contributed by atoms with Crippen molar-refractivity contribution in [3.05, 3.63) is 23.4 Å². The lowest BCUT2D eigenvalue weighted by molar-refractivity contribution is -0.114. The molecule has 1 unspecified atom stereocenters. The Labute approximate surface area is 112 Å². The van der Waals surface area contributed by atoms with Gasteiger partial charge in [-0.1, -0.05) is 13.0 Å². The normalized spacial score (nSPS) is 23.3. The van der Waals surface area contributed by atoms with E-state index >= 15 is 0 Å². The quantitative estimate of drug-likeness (QED) is 0.493. The van der Waals surface area contributed by atoms with E-state index in [1.165, 1.54) is 5.57 Å². The lowest BCUT2D eigenvalue weighted by Crippen LogP contribution is -2.40. The number of rotatable bonds is 2. The highest BCUT2D eigenvalue weighted by atomic mass is 16.1. The summed E-state index contributed by atoms with van der Waals surface area (Å²) in [6, 6.07) is 0. The predicted octanol–water partition coefficient (Wildman–Crippen LogP) is 0.362. The van der Waals surface area contributed by atoms with Crippen LogP contribution in [0.4, 0.5) is 0 Å². The Morgan fingerprint density at radius 2 is 2.26 bits per heavy atom. The molecule has 102 valence electrons. The van der Waals surface area contributed by atoms with Gasteiger partial charge in [-0.2, -0.15) is 0 Å². The number of nitrogens with two attached hydrogens (primary N) is 2. The molecule has 0 bridgehead atoms. The van der Waals surface area contributed by atoms with Gasteiger partial charge in [-0.15, -0.1) is 0 Å². The fraction of sp³-hybridized carbons (Fsp3) is 0.462. The van der Waals surface area contributed by atoms with E-state index in [0.29, 0.717) is 18.5 Å². The molecule has 6 nitrogen and oxygen atoms in total. The van der Waals surface area contributed by atoms with Gasteiger partial charge in [0.15, 0.2) is 5.96 Å². The maximum Gasteiger partial charge on any atom is 0.246 e. The van der Waals surface area contributed by atoms with Crippen LogP contribution in [0.15, 0.2) is 28.4 Å². The van der Waals surface area contributed by atoms with Crippen LogP contribution in [-0.4, -0.2) is 35.6 Å². The number of primary amides is 1. The number of nitrogens with one attached hydrogen (secondary N) is 1. The predicted molar refractivity (Wildman–Crippen MR) is 74.7 cm³/mol. The Balaban J connectivity index is 2.15. The van der Waals surface area contributed by atoms with Gasteiger partial charge in [-0.3, -0.25) is 15.2 Å². The van der Waals surface area contributed by atoms with Gasteiger partial charge in [-0.05, 0) is 18.4 Å². The van der Waals surface area contributed by atoms with Gasteiger partial charge in [0, 0.05) is 36.5 Å². The molecule has 2 rings (SSSR count). The van der Waals surface area contributed by atoms with Crippen LogP contribution >= 0.6 is 0 Å². The van der Waals surface area contributed by atoms with Crippen LogP contribution in [0, 0.1) is 11.3 Å². The van der Waals surface area contributed by atoms with Crippen molar-refractivity contribution in [3.8, 4) is 0 Å². The molecule has 0 spiro atoms. The van der Waals surface area contributed by atoms with Crippen molar-refractivity contribution in [2.24, 2.45) is 22.4 Å². The summed E-state index contributed by atoms with van der Waals surface area (Å²) in [5, 5.41) is 7.40. The summed E-state index contributed by atoms with van der Waals surface area (Å²) in [5.41, 5.74) is 13.5. The molecule has 2 aliphatic heterocycles. The number of carbonyl (C=O) groups is 1. The largest absolute Gasteiger partial charge is 0.370 e.